The van der Waals surface area contributed by atoms with E-state index in [2.05, 4.69) is 12.5 Å². The van der Waals surface area contributed by atoms with Crippen LogP contribution in [-0.4, -0.2) is 17.3 Å². The molecule has 0 aliphatic rings. The monoisotopic (exact) mass is 240 g/mol. The van der Waals surface area contributed by atoms with Crippen LogP contribution in [0.4, 0.5) is 13.2 Å². The highest BCUT2D eigenvalue weighted by Gasteiger charge is 2.30. The van der Waals surface area contributed by atoms with Gasteiger partial charge < -0.3 is 5.11 Å². The first-order valence-electron chi connectivity index (χ1n) is 4.42. The third kappa shape index (κ3) is 3.68. The van der Waals surface area contributed by atoms with Gasteiger partial charge in [-0.15, -0.1) is 0 Å². The van der Waals surface area contributed by atoms with Crippen LogP contribution in [0.25, 0.3) is 0 Å². The largest absolute Gasteiger partial charge is 0.478 e. The summed E-state index contributed by atoms with van der Waals surface area (Å²) in [6.45, 7) is 2.79. The van der Waals surface area contributed by atoms with E-state index in [0.717, 1.165) is 0 Å². The van der Waals surface area contributed by atoms with Crippen molar-refractivity contribution in [1.29, 1.82) is 0 Å². The van der Waals surface area contributed by atoms with Gasteiger partial charge in [-0.3, -0.25) is 0 Å². The molecule has 17 heavy (non-hydrogen) atoms. The molecule has 5 heteroatoms. The lowest BCUT2D eigenvalue weighted by atomic mass is 10.1. The average molecular weight is 240 g/mol. The average Bonchev–Trinajstić information content (AvgIpc) is 2.25. The molecule has 1 N–H and O–H groups in total. The fourth-order valence-corrected chi connectivity index (χ4v) is 0.915. The van der Waals surface area contributed by atoms with Crippen molar-refractivity contribution in [1.82, 2.24) is 0 Å². The summed E-state index contributed by atoms with van der Waals surface area (Å²) < 4.78 is 36.1. The smallest absolute Gasteiger partial charge is 0.423 e. The Bertz CT molecular complexity index is 501. The molecule has 0 radical (unpaired) electrons. The number of benzene rings is 1. The van der Waals surface area contributed by atoms with Crippen molar-refractivity contribution in [3.63, 3.8) is 0 Å². The van der Waals surface area contributed by atoms with Gasteiger partial charge in [0, 0.05) is 5.56 Å². The molecule has 0 saturated heterocycles. The van der Waals surface area contributed by atoms with Gasteiger partial charge in [-0.2, -0.15) is 13.2 Å². The van der Waals surface area contributed by atoms with Crippen LogP contribution in [0.3, 0.4) is 0 Å². The summed E-state index contributed by atoms with van der Waals surface area (Å²) in [4.78, 5) is 10.5. The standard InChI is InChI=1S/C12H7F3O2/c1-8(12(13,14)15)2-3-9-4-6-10(7-5-9)11(16)17/h4-7H,1H2,(H,16,17). The zero-order chi connectivity index (χ0) is 13.1. The number of hydrogen-bond acceptors (Lipinski definition) is 1. The Morgan fingerprint density at radius 1 is 1.24 bits per heavy atom. The molecule has 0 aliphatic heterocycles. The maximum Gasteiger partial charge on any atom is 0.423 e. The molecule has 0 unspecified atom stereocenters. The van der Waals surface area contributed by atoms with E-state index in [1.54, 1.807) is 0 Å². The molecular formula is C12H7F3O2. The van der Waals surface area contributed by atoms with Gasteiger partial charge in [0.25, 0.3) is 0 Å². The van der Waals surface area contributed by atoms with E-state index in [4.69, 9.17) is 5.11 Å². The molecule has 88 valence electrons. The molecule has 0 saturated carbocycles. The number of hydrogen-bond donors (Lipinski definition) is 1. The van der Waals surface area contributed by atoms with Crippen LogP contribution in [0, 0.1) is 11.8 Å². The minimum Gasteiger partial charge on any atom is -0.478 e. The Balaban J connectivity index is 2.87. The molecule has 1 aromatic rings. The maximum atomic E-state index is 12.0. The third-order valence-electron chi connectivity index (χ3n) is 1.83. The van der Waals surface area contributed by atoms with E-state index >= 15 is 0 Å². The van der Waals surface area contributed by atoms with Crippen LogP contribution in [0.1, 0.15) is 15.9 Å². The lowest BCUT2D eigenvalue weighted by Crippen LogP contribution is -2.08. The van der Waals surface area contributed by atoms with Crippen LogP contribution >= 0.6 is 0 Å². The van der Waals surface area contributed by atoms with Crippen LogP contribution in [0.5, 0.6) is 0 Å². The summed E-state index contributed by atoms with van der Waals surface area (Å²) >= 11 is 0. The minimum atomic E-state index is -4.53. The quantitative estimate of drug-likeness (QED) is 0.766. The Kier molecular flexibility index (Phi) is 3.59. The van der Waals surface area contributed by atoms with Gasteiger partial charge in [0.1, 0.15) is 0 Å². The van der Waals surface area contributed by atoms with E-state index in [1.807, 2.05) is 5.92 Å². The number of carboxylic acid groups (broad SMARTS) is 1. The van der Waals surface area contributed by atoms with Crippen molar-refractivity contribution >= 4 is 5.97 Å². The normalized spacial score (nSPS) is 10.3. The first-order valence-corrected chi connectivity index (χ1v) is 4.42. The molecular weight excluding hydrogens is 233 g/mol. The van der Waals surface area contributed by atoms with Gasteiger partial charge in [0.05, 0.1) is 11.1 Å². The molecule has 0 aliphatic carbocycles. The summed E-state index contributed by atoms with van der Waals surface area (Å²) in [5.41, 5.74) is -0.801. The minimum absolute atomic E-state index is 0.0465. The van der Waals surface area contributed by atoms with Gasteiger partial charge in [0.2, 0.25) is 0 Å². The third-order valence-corrected chi connectivity index (χ3v) is 1.83. The first-order chi connectivity index (χ1) is 7.80. The molecule has 2 nitrogen and oxygen atoms in total. The van der Waals surface area contributed by atoms with E-state index in [1.165, 1.54) is 24.3 Å². The van der Waals surface area contributed by atoms with Gasteiger partial charge >= 0.3 is 12.1 Å². The second-order valence-corrected chi connectivity index (χ2v) is 3.11. The molecule has 0 spiro atoms. The lowest BCUT2D eigenvalue weighted by Gasteiger charge is -2.01. The second-order valence-electron chi connectivity index (χ2n) is 3.11. The lowest BCUT2D eigenvalue weighted by molar-refractivity contribution is -0.0868. The zero-order valence-corrected chi connectivity index (χ0v) is 8.51. The van der Waals surface area contributed by atoms with Gasteiger partial charge in [-0.05, 0) is 24.3 Å². The fourth-order valence-electron chi connectivity index (χ4n) is 0.915. The molecule has 0 fully saturated rings. The number of carbonyl (C=O) groups is 1. The molecule has 0 bridgehead atoms. The molecule has 0 heterocycles. The number of allylic oxidation sites excluding steroid dienone is 1. The van der Waals surface area contributed by atoms with Crippen LogP contribution in [0.2, 0.25) is 0 Å². The van der Waals surface area contributed by atoms with Gasteiger partial charge in [0.15, 0.2) is 0 Å². The molecule has 1 rings (SSSR count). The number of aromatic carboxylic acids is 1. The maximum absolute atomic E-state index is 12.0. The predicted octanol–water partition coefficient (Wildman–Crippen LogP) is 2.85. The summed E-state index contributed by atoms with van der Waals surface area (Å²) in [5, 5.41) is 8.60. The number of alkyl halides is 3. The van der Waals surface area contributed by atoms with Crippen molar-refractivity contribution in [3.8, 4) is 11.8 Å². The Morgan fingerprint density at radius 3 is 2.18 bits per heavy atom. The number of carboxylic acids is 1. The molecule has 0 aromatic heterocycles. The molecule has 1 aromatic carbocycles. The van der Waals surface area contributed by atoms with Crippen molar-refractivity contribution < 1.29 is 23.1 Å². The zero-order valence-electron chi connectivity index (χ0n) is 8.51. The van der Waals surface area contributed by atoms with Crippen molar-refractivity contribution in [2.45, 2.75) is 6.18 Å². The van der Waals surface area contributed by atoms with Gasteiger partial charge in [-0.1, -0.05) is 18.4 Å². The van der Waals surface area contributed by atoms with E-state index in [9.17, 15) is 18.0 Å². The fraction of sp³-hybridized carbons (Fsp3) is 0.0833. The Labute approximate surface area is 95.4 Å². The Hall–Kier alpha value is -2.22. The highest BCUT2D eigenvalue weighted by atomic mass is 19.4. The van der Waals surface area contributed by atoms with E-state index in [0.29, 0.717) is 5.56 Å². The number of halogens is 3. The highest BCUT2D eigenvalue weighted by Crippen LogP contribution is 2.23. The molecule has 0 atom stereocenters. The second kappa shape index (κ2) is 4.74. The van der Waals surface area contributed by atoms with Crippen LogP contribution in [-0.2, 0) is 0 Å². The van der Waals surface area contributed by atoms with Crippen molar-refractivity contribution in [2.24, 2.45) is 0 Å². The van der Waals surface area contributed by atoms with Crippen molar-refractivity contribution in [2.75, 3.05) is 0 Å². The topological polar surface area (TPSA) is 37.3 Å². The number of rotatable bonds is 1. The summed E-state index contributed by atoms with van der Waals surface area (Å²) in [5.74, 6) is 3.02. The van der Waals surface area contributed by atoms with Gasteiger partial charge in [-0.25, -0.2) is 4.79 Å². The SMILES string of the molecule is C=C(C#Cc1ccc(C(=O)O)cc1)C(F)(F)F. The van der Waals surface area contributed by atoms with E-state index < -0.39 is 17.7 Å². The first kappa shape index (κ1) is 12.8. The molecule has 0 amide bonds. The Morgan fingerprint density at radius 2 is 1.76 bits per heavy atom. The summed E-state index contributed by atoms with van der Waals surface area (Å²) in [7, 11) is 0. The van der Waals surface area contributed by atoms with Crippen molar-refractivity contribution in [3.05, 3.63) is 47.5 Å². The highest BCUT2D eigenvalue weighted by molar-refractivity contribution is 5.87. The van der Waals surface area contributed by atoms with Crippen LogP contribution in [0.15, 0.2) is 36.4 Å². The van der Waals surface area contributed by atoms with Crippen LogP contribution < -0.4 is 0 Å². The summed E-state index contributed by atoms with van der Waals surface area (Å²) in [6, 6.07) is 5.20. The predicted molar refractivity (Wildman–Crippen MR) is 55.5 cm³/mol. The summed E-state index contributed by atoms with van der Waals surface area (Å²) in [6.07, 6.45) is -4.53. The van der Waals surface area contributed by atoms with E-state index in [-0.39, 0.29) is 5.56 Å².